The van der Waals surface area contributed by atoms with Crippen LogP contribution >= 0.6 is 0 Å². The summed E-state index contributed by atoms with van der Waals surface area (Å²) in [5.41, 5.74) is 8.06. The summed E-state index contributed by atoms with van der Waals surface area (Å²) >= 11 is 0. The molecule has 0 aromatic heterocycles. The zero-order chi connectivity index (χ0) is 15.9. The third-order valence-electron chi connectivity index (χ3n) is 3.36. The highest BCUT2D eigenvalue weighted by atomic mass is 16.5. The highest BCUT2D eigenvalue weighted by molar-refractivity contribution is 5.38. The third kappa shape index (κ3) is 4.40. The van der Waals surface area contributed by atoms with Gasteiger partial charge in [-0.15, -0.1) is 0 Å². The zero-order valence-corrected chi connectivity index (χ0v) is 13.3. The Bertz CT molecular complexity index is 594. The van der Waals surface area contributed by atoms with Crippen molar-refractivity contribution >= 4 is 0 Å². The minimum absolute atomic E-state index is 0.128. The van der Waals surface area contributed by atoms with Crippen molar-refractivity contribution < 1.29 is 14.2 Å². The molecule has 2 N–H and O–H groups in total. The molecule has 0 aliphatic carbocycles. The minimum Gasteiger partial charge on any atom is -0.497 e. The van der Waals surface area contributed by atoms with Crippen LogP contribution in [0.3, 0.4) is 0 Å². The van der Waals surface area contributed by atoms with Gasteiger partial charge in [-0.3, -0.25) is 0 Å². The predicted octanol–water partition coefficient (Wildman–Crippen LogP) is 3.17. The van der Waals surface area contributed by atoms with Crippen LogP contribution in [0.15, 0.2) is 42.5 Å². The van der Waals surface area contributed by atoms with E-state index < -0.39 is 0 Å². The highest BCUT2D eigenvalue weighted by Gasteiger charge is 2.07. The fourth-order valence-corrected chi connectivity index (χ4v) is 2.28. The Balaban J connectivity index is 2.09. The van der Waals surface area contributed by atoms with Gasteiger partial charge in [-0.05, 0) is 55.3 Å². The molecular formula is C18H23NO3. The van der Waals surface area contributed by atoms with E-state index in [1.54, 1.807) is 14.2 Å². The molecule has 4 nitrogen and oxygen atoms in total. The van der Waals surface area contributed by atoms with Crippen LogP contribution in [0, 0.1) is 0 Å². The molecule has 0 saturated heterocycles. The Morgan fingerprint density at radius 3 is 2.23 bits per heavy atom. The van der Waals surface area contributed by atoms with Crippen molar-refractivity contribution in [1.29, 1.82) is 0 Å². The predicted molar refractivity (Wildman–Crippen MR) is 87.7 cm³/mol. The van der Waals surface area contributed by atoms with Crippen LogP contribution in [0.2, 0.25) is 0 Å². The molecule has 4 heteroatoms. The van der Waals surface area contributed by atoms with Gasteiger partial charge in [0.25, 0.3) is 0 Å². The standard InChI is InChI=1S/C18H23NO3/c1-13(19)10-14-4-9-18(21-3)15(11-14)12-22-17-7-5-16(20-2)6-8-17/h4-9,11,13H,10,12,19H2,1-3H3. The van der Waals surface area contributed by atoms with E-state index in [0.717, 1.165) is 29.2 Å². The van der Waals surface area contributed by atoms with Gasteiger partial charge in [-0.1, -0.05) is 6.07 Å². The van der Waals surface area contributed by atoms with Crippen LogP contribution in [-0.4, -0.2) is 20.3 Å². The van der Waals surface area contributed by atoms with Gasteiger partial charge in [0.1, 0.15) is 23.9 Å². The van der Waals surface area contributed by atoms with Gasteiger partial charge in [-0.2, -0.15) is 0 Å². The topological polar surface area (TPSA) is 53.7 Å². The lowest BCUT2D eigenvalue weighted by molar-refractivity contribution is 0.296. The van der Waals surface area contributed by atoms with Crippen molar-refractivity contribution in [2.75, 3.05) is 14.2 Å². The number of ether oxygens (including phenoxy) is 3. The maximum absolute atomic E-state index is 5.86. The second-order valence-electron chi connectivity index (χ2n) is 5.29. The average Bonchev–Trinajstić information content (AvgIpc) is 2.53. The van der Waals surface area contributed by atoms with Crippen molar-refractivity contribution in [3.05, 3.63) is 53.6 Å². The Hall–Kier alpha value is -2.20. The number of benzene rings is 2. The molecule has 0 fully saturated rings. The fourth-order valence-electron chi connectivity index (χ4n) is 2.28. The van der Waals surface area contributed by atoms with Crippen LogP contribution in [-0.2, 0) is 13.0 Å². The summed E-state index contributed by atoms with van der Waals surface area (Å²) in [6.07, 6.45) is 0.833. The van der Waals surface area contributed by atoms with Gasteiger partial charge in [0.15, 0.2) is 0 Å². The highest BCUT2D eigenvalue weighted by Crippen LogP contribution is 2.24. The third-order valence-corrected chi connectivity index (χ3v) is 3.36. The van der Waals surface area contributed by atoms with Crippen LogP contribution in [0.25, 0.3) is 0 Å². The van der Waals surface area contributed by atoms with Gasteiger partial charge < -0.3 is 19.9 Å². The summed E-state index contributed by atoms with van der Waals surface area (Å²) in [6.45, 7) is 2.44. The Morgan fingerprint density at radius 2 is 1.64 bits per heavy atom. The van der Waals surface area contributed by atoms with Crippen molar-refractivity contribution in [1.82, 2.24) is 0 Å². The van der Waals surface area contributed by atoms with Crippen LogP contribution in [0.4, 0.5) is 0 Å². The number of methoxy groups -OCH3 is 2. The number of rotatable bonds is 7. The second kappa shape index (κ2) is 7.71. The van der Waals surface area contributed by atoms with E-state index in [4.69, 9.17) is 19.9 Å². The van der Waals surface area contributed by atoms with E-state index in [9.17, 15) is 0 Å². The van der Waals surface area contributed by atoms with Crippen LogP contribution < -0.4 is 19.9 Å². The first-order valence-electron chi connectivity index (χ1n) is 7.30. The summed E-state index contributed by atoms with van der Waals surface area (Å²) in [7, 11) is 3.31. The van der Waals surface area contributed by atoms with Crippen molar-refractivity contribution in [3.8, 4) is 17.2 Å². The molecule has 1 unspecified atom stereocenters. The van der Waals surface area contributed by atoms with E-state index >= 15 is 0 Å². The Labute approximate surface area is 131 Å². The second-order valence-corrected chi connectivity index (χ2v) is 5.29. The van der Waals surface area contributed by atoms with Gasteiger partial charge in [0.2, 0.25) is 0 Å². The molecule has 0 aliphatic rings. The molecule has 0 aliphatic heterocycles. The monoisotopic (exact) mass is 301 g/mol. The van der Waals surface area contributed by atoms with E-state index in [-0.39, 0.29) is 6.04 Å². The van der Waals surface area contributed by atoms with Gasteiger partial charge in [0, 0.05) is 11.6 Å². The molecule has 0 amide bonds. The van der Waals surface area contributed by atoms with E-state index in [2.05, 4.69) is 6.07 Å². The summed E-state index contributed by atoms with van der Waals surface area (Å²) < 4.78 is 16.4. The molecule has 0 radical (unpaired) electrons. The largest absolute Gasteiger partial charge is 0.497 e. The maximum atomic E-state index is 5.86. The van der Waals surface area contributed by atoms with E-state index in [0.29, 0.717) is 6.61 Å². The molecule has 0 bridgehead atoms. The molecule has 0 saturated carbocycles. The van der Waals surface area contributed by atoms with Gasteiger partial charge >= 0.3 is 0 Å². The van der Waals surface area contributed by atoms with E-state index in [1.165, 1.54) is 5.56 Å². The number of hydrogen-bond donors (Lipinski definition) is 1. The molecule has 2 aromatic carbocycles. The molecule has 0 spiro atoms. The summed E-state index contributed by atoms with van der Waals surface area (Å²) in [5.74, 6) is 2.42. The number of nitrogens with two attached hydrogens (primary N) is 1. The zero-order valence-electron chi connectivity index (χ0n) is 13.3. The average molecular weight is 301 g/mol. The lowest BCUT2D eigenvalue weighted by Gasteiger charge is -2.13. The van der Waals surface area contributed by atoms with E-state index in [1.807, 2.05) is 43.3 Å². The molecule has 0 heterocycles. The summed E-state index contributed by atoms with van der Waals surface area (Å²) in [4.78, 5) is 0. The maximum Gasteiger partial charge on any atom is 0.125 e. The Morgan fingerprint density at radius 1 is 0.955 bits per heavy atom. The minimum atomic E-state index is 0.128. The van der Waals surface area contributed by atoms with Crippen molar-refractivity contribution in [2.45, 2.75) is 26.0 Å². The quantitative estimate of drug-likeness (QED) is 0.853. The normalized spacial score (nSPS) is 11.8. The first-order valence-corrected chi connectivity index (χ1v) is 7.30. The van der Waals surface area contributed by atoms with Gasteiger partial charge in [-0.25, -0.2) is 0 Å². The molecule has 22 heavy (non-hydrogen) atoms. The van der Waals surface area contributed by atoms with Crippen LogP contribution in [0.5, 0.6) is 17.2 Å². The molecular weight excluding hydrogens is 278 g/mol. The smallest absolute Gasteiger partial charge is 0.125 e. The molecule has 118 valence electrons. The van der Waals surface area contributed by atoms with Crippen molar-refractivity contribution in [3.63, 3.8) is 0 Å². The van der Waals surface area contributed by atoms with Crippen molar-refractivity contribution in [2.24, 2.45) is 5.73 Å². The molecule has 2 aromatic rings. The van der Waals surface area contributed by atoms with Gasteiger partial charge in [0.05, 0.1) is 14.2 Å². The van der Waals surface area contributed by atoms with Crippen LogP contribution in [0.1, 0.15) is 18.1 Å². The SMILES string of the molecule is COc1ccc(OCc2cc(CC(C)N)ccc2OC)cc1. The summed E-state index contributed by atoms with van der Waals surface area (Å²) in [6, 6.07) is 13.7. The Kier molecular flexibility index (Phi) is 5.67. The lowest BCUT2D eigenvalue weighted by atomic mass is 10.0. The first-order chi connectivity index (χ1) is 10.6. The number of hydrogen-bond acceptors (Lipinski definition) is 4. The summed E-state index contributed by atoms with van der Waals surface area (Å²) in [5, 5.41) is 0. The lowest BCUT2D eigenvalue weighted by Crippen LogP contribution is -2.17. The fraction of sp³-hybridized carbons (Fsp3) is 0.333. The first kappa shape index (κ1) is 16.2. The molecule has 1 atom stereocenters. The molecule has 2 rings (SSSR count).